The van der Waals surface area contributed by atoms with E-state index in [1.165, 1.54) is 12.5 Å². The monoisotopic (exact) mass is 327 g/mol. The number of hydrogen-bond donors (Lipinski definition) is 2. The van der Waals surface area contributed by atoms with E-state index in [0.717, 1.165) is 22.9 Å². The van der Waals surface area contributed by atoms with Gasteiger partial charge in [-0.2, -0.15) is 0 Å². The van der Waals surface area contributed by atoms with Crippen molar-refractivity contribution in [2.75, 3.05) is 13.1 Å². The molecule has 0 aliphatic heterocycles. The van der Waals surface area contributed by atoms with Crippen molar-refractivity contribution in [1.29, 1.82) is 0 Å². The van der Waals surface area contributed by atoms with Gasteiger partial charge in [0.05, 0.1) is 11.1 Å². The predicted octanol–water partition coefficient (Wildman–Crippen LogP) is 2.79. The number of fused-ring (bicyclic) bond motifs is 1. The molecule has 2 N–H and O–H groups in total. The van der Waals surface area contributed by atoms with Crippen LogP contribution in [-0.2, 0) is 11.2 Å². The molecule has 5 heteroatoms. The highest BCUT2D eigenvalue weighted by atomic mass is 16.2. The number of aryl methyl sites for hydroxylation is 1. The fourth-order valence-electron chi connectivity index (χ4n) is 2.73. The summed E-state index contributed by atoms with van der Waals surface area (Å²) in [7, 11) is 0. The van der Waals surface area contributed by atoms with E-state index in [4.69, 9.17) is 0 Å². The van der Waals surface area contributed by atoms with Crippen molar-refractivity contribution in [1.82, 2.24) is 15.6 Å². The van der Waals surface area contributed by atoms with Gasteiger partial charge in [-0.25, -0.2) is 0 Å². The number of rotatable bonds is 6. The molecule has 0 fully saturated rings. The van der Waals surface area contributed by atoms with E-state index < -0.39 is 0 Å². The van der Waals surface area contributed by atoms with Gasteiger partial charge >= 0.3 is 0 Å². The van der Waals surface area contributed by atoms with Gasteiger partial charge in [-0.15, -0.1) is 0 Å². The third-order valence-electron chi connectivity index (χ3n) is 4.00. The molecule has 0 aliphatic rings. The van der Waals surface area contributed by atoms with Crippen LogP contribution in [-0.4, -0.2) is 29.9 Å². The molecule has 24 heavy (non-hydrogen) atoms. The van der Waals surface area contributed by atoms with Gasteiger partial charge in [-0.1, -0.05) is 20.8 Å². The van der Waals surface area contributed by atoms with Gasteiger partial charge in [0.25, 0.3) is 5.91 Å². The lowest BCUT2D eigenvalue weighted by Crippen LogP contribution is -2.33. The topological polar surface area (TPSA) is 71.1 Å². The first kappa shape index (κ1) is 17.9. The van der Waals surface area contributed by atoms with Gasteiger partial charge in [-0.3, -0.25) is 14.6 Å². The number of carbonyl (C=O) groups excluding carboxylic acids is 2. The molecule has 0 saturated carbocycles. The van der Waals surface area contributed by atoms with Gasteiger partial charge in [0.1, 0.15) is 0 Å². The van der Waals surface area contributed by atoms with Crippen LogP contribution in [0.2, 0.25) is 0 Å². The molecular weight excluding hydrogens is 302 g/mol. The smallest absolute Gasteiger partial charge is 0.253 e. The Morgan fingerprint density at radius 2 is 1.88 bits per heavy atom. The van der Waals surface area contributed by atoms with Crippen molar-refractivity contribution in [3.8, 4) is 0 Å². The summed E-state index contributed by atoms with van der Waals surface area (Å²) in [5.41, 5.74) is 3.64. The van der Waals surface area contributed by atoms with Crippen LogP contribution in [0, 0.1) is 0 Å². The zero-order valence-electron chi connectivity index (χ0n) is 14.8. The van der Waals surface area contributed by atoms with Crippen molar-refractivity contribution in [3.05, 3.63) is 41.1 Å². The summed E-state index contributed by atoms with van der Waals surface area (Å²) in [6, 6.07) is 6.06. The third-order valence-corrected chi connectivity index (χ3v) is 4.00. The molecule has 5 nitrogen and oxygen atoms in total. The molecule has 0 atom stereocenters. The number of amides is 2. The molecular formula is C19H25N3O2. The Morgan fingerprint density at radius 3 is 2.50 bits per heavy atom. The second kappa shape index (κ2) is 7.90. The van der Waals surface area contributed by atoms with E-state index in [1.807, 2.05) is 12.1 Å². The number of nitrogens with zero attached hydrogens (tertiary/aromatic N) is 1. The first-order valence-electron chi connectivity index (χ1n) is 8.38. The minimum atomic E-state index is -0.158. The Morgan fingerprint density at radius 1 is 1.17 bits per heavy atom. The molecule has 0 aliphatic carbocycles. The van der Waals surface area contributed by atoms with Crippen LogP contribution in [0.3, 0.4) is 0 Å². The summed E-state index contributed by atoms with van der Waals surface area (Å²) in [6.07, 6.45) is 2.62. The van der Waals surface area contributed by atoms with E-state index in [2.05, 4.69) is 42.5 Å². The molecule has 0 bridgehead atoms. The Kier molecular flexibility index (Phi) is 5.90. The minimum Gasteiger partial charge on any atom is -0.355 e. The van der Waals surface area contributed by atoms with E-state index in [1.54, 1.807) is 6.20 Å². The van der Waals surface area contributed by atoms with Gasteiger partial charge < -0.3 is 10.6 Å². The van der Waals surface area contributed by atoms with Crippen LogP contribution in [0.15, 0.2) is 24.4 Å². The molecule has 2 rings (SSSR count). The van der Waals surface area contributed by atoms with Crippen molar-refractivity contribution in [2.24, 2.45) is 0 Å². The van der Waals surface area contributed by atoms with E-state index in [9.17, 15) is 9.59 Å². The summed E-state index contributed by atoms with van der Waals surface area (Å²) in [6.45, 7) is 8.61. The Hall–Kier alpha value is -2.43. The lowest BCUT2D eigenvalue weighted by Gasteiger charge is -2.14. The van der Waals surface area contributed by atoms with Crippen LogP contribution < -0.4 is 10.6 Å². The van der Waals surface area contributed by atoms with Crippen molar-refractivity contribution < 1.29 is 9.59 Å². The van der Waals surface area contributed by atoms with Crippen LogP contribution in [0.4, 0.5) is 0 Å². The fourth-order valence-corrected chi connectivity index (χ4v) is 2.73. The Balaban J connectivity index is 2.36. The second-order valence-corrected chi connectivity index (χ2v) is 6.19. The fraction of sp³-hybridized carbons (Fsp3) is 0.421. The van der Waals surface area contributed by atoms with E-state index >= 15 is 0 Å². The lowest BCUT2D eigenvalue weighted by atomic mass is 9.94. The van der Waals surface area contributed by atoms with E-state index in [-0.39, 0.29) is 11.8 Å². The largest absolute Gasteiger partial charge is 0.355 e. The second-order valence-electron chi connectivity index (χ2n) is 6.19. The maximum Gasteiger partial charge on any atom is 0.253 e. The quantitative estimate of drug-likeness (QED) is 0.802. The highest BCUT2D eigenvalue weighted by Crippen LogP contribution is 2.27. The zero-order chi connectivity index (χ0) is 17.7. The molecule has 1 heterocycles. The maximum absolute atomic E-state index is 12.6. The average molecular weight is 327 g/mol. The van der Waals surface area contributed by atoms with Crippen LogP contribution >= 0.6 is 0 Å². The molecule has 0 spiro atoms. The van der Waals surface area contributed by atoms with Gasteiger partial charge in [0.2, 0.25) is 5.91 Å². The minimum absolute atomic E-state index is 0.106. The van der Waals surface area contributed by atoms with Crippen molar-refractivity contribution in [3.63, 3.8) is 0 Å². The summed E-state index contributed by atoms with van der Waals surface area (Å²) in [5.74, 6) is 0.0956. The number of aromatic nitrogens is 1. The normalized spacial score (nSPS) is 10.9. The Bertz CT molecular complexity index is 754. The maximum atomic E-state index is 12.6. The number of pyridine rings is 1. The number of benzene rings is 1. The molecule has 0 unspecified atom stereocenters. The first-order chi connectivity index (χ1) is 11.4. The highest BCUT2D eigenvalue weighted by Gasteiger charge is 2.15. The summed E-state index contributed by atoms with van der Waals surface area (Å²) in [5, 5.41) is 6.56. The molecule has 2 amide bonds. The summed E-state index contributed by atoms with van der Waals surface area (Å²) < 4.78 is 0. The van der Waals surface area contributed by atoms with E-state index in [0.29, 0.717) is 24.6 Å². The highest BCUT2D eigenvalue weighted by molar-refractivity contribution is 6.06. The predicted molar refractivity (Wildman–Crippen MR) is 96.2 cm³/mol. The van der Waals surface area contributed by atoms with Gasteiger partial charge in [-0.05, 0) is 41.7 Å². The number of nitrogens with one attached hydrogen (secondary N) is 2. The van der Waals surface area contributed by atoms with Crippen LogP contribution in [0.5, 0.6) is 0 Å². The molecule has 0 radical (unpaired) electrons. The molecule has 1 aromatic heterocycles. The average Bonchev–Trinajstić information content (AvgIpc) is 2.56. The van der Waals surface area contributed by atoms with Gasteiger partial charge in [0.15, 0.2) is 0 Å². The SMILES string of the molecule is CCc1cc(C(=O)NCCNC(C)=O)c2nccc(C(C)C)c2c1. The molecule has 128 valence electrons. The van der Waals surface area contributed by atoms with Crippen LogP contribution in [0.1, 0.15) is 55.1 Å². The van der Waals surface area contributed by atoms with Crippen molar-refractivity contribution in [2.45, 2.75) is 40.0 Å². The summed E-state index contributed by atoms with van der Waals surface area (Å²) >= 11 is 0. The van der Waals surface area contributed by atoms with Crippen molar-refractivity contribution >= 4 is 22.7 Å². The first-order valence-corrected chi connectivity index (χ1v) is 8.38. The molecule has 2 aromatic rings. The van der Waals surface area contributed by atoms with Gasteiger partial charge in [0, 0.05) is 31.6 Å². The summed E-state index contributed by atoms with van der Waals surface area (Å²) in [4.78, 5) is 27.9. The molecule has 0 saturated heterocycles. The molecule has 1 aromatic carbocycles. The number of hydrogen-bond acceptors (Lipinski definition) is 3. The standard InChI is InChI=1S/C19H25N3O2/c1-5-14-10-16-15(12(2)3)6-7-21-18(16)17(11-14)19(24)22-9-8-20-13(4)23/h6-7,10-12H,5,8-9H2,1-4H3,(H,20,23)(H,22,24). The lowest BCUT2D eigenvalue weighted by molar-refractivity contribution is -0.118. The van der Waals surface area contributed by atoms with Crippen LogP contribution in [0.25, 0.3) is 10.9 Å². The Labute approximate surface area is 142 Å². The zero-order valence-corrected chi connectivity index (χ0v) is 14.8. The third kappa shape index (κ3) is 4.10. The number of carbonyl (C=O) groups is 2.